The van der Waals surface area contributed by atoms with Gasteiger partial charge in [-0.2, -0.15) is 4.72 Å². The summed E-state index contributed by atoms with van der Waals surface area (Å²) in [5.74, 6) is -3.03. The summed E-state index contributed by atoms with van der Waals surface area (Å²) < 4.78 is 61.0. The molecule has 0 unspecified atom stereocenters. The fraction of sp³-hybridized carbons (Fsp3) is 0.310. The predicted octanol–water partition coefficient (Wildman–Crippen LogP) is 3.83. The van der Waals surface area contributed by atoms with Crippen LogP contribution in [-0.2, 0) is 14.8 Å². The number of nitrogens with one attached hydrogen (secondary N) is 2. The van der Waals surface area contributed by atoms with Crippen molar-refractivity contribution >= 4 is 27.5 Å². The zero-order chi connectivity index (χ0) is 31.6. The molecule has 1 fully saturated rings. The summed E-state index contributed by atoms with van der Waals surface area (Å²) in [6.45, 7) is 5.07. The highest BCUT2D eigenvalue weighted by atomic mass is 35.5. The van der Waals surface area contributed by atoms with Crippen LogP contribution in [0, 0.1) is 12.7 Å². The van der Waals surface area contributed by atoms with Crippen molar-refractivity contribution in [3.05, 3.63) is 92.8 Å². The van der Waals surface area contributed by atoms with E-state index >= 15 is 4.39 Å². The summed E-state index contributed by atoms with van der Waals surface area (Å²) in [6.07, 6.45) is 3.03. The van der Waals surface area contributed by atoms with Crippen LogP contribution in [0.3, 0.4) is 0 Å². The maximum absolute atomic E-state index is 15.6. The van der Waals surface area contributed by atoms with Crippen LogP contribution in [0.15, 0.2) is 62.9 Å². The van der Waals surface area contributed by atoms with Crippen molar-refractivity contribution in [2.75, 3.05) is 33.4 Å². The molecule has 0 bridgehead atoms. The number of aromatic nitrogens is 3. The van der Waals surface area contributed by atoms with Crippen molar-refractivity contribution < 1.29 is 31.5 Å². The van der Waals surface area contributed by atoms with Crippen LogP contribution in [0.25, 0.3) is 11.1 Å². The molecule has 5 rings (SSSR count). The number of hydrogen-bond donors (Lipinski definition) is 2. The van der Waals surface area contributed by atoms with Crippen LogP contribution >= 0.6 is 11.6 Å². The molecule has 232 valence electrons. The van der Waals surface area contributed by atoms with Crippen molar-refractivity contribution in [1.29, 1.82) is 0 Å². The Morgan fingerprint density at radius 1 is 1.18 bits per heavy atom. The molecule has 15 heteroatoms. The van der Waals surface area contributed by atoms with E-state index in [2.05, 4.69) is 19.9 Å². The fourth-order valence-corrected chi connectivity index (χ4v) is 6.80. The molecule has 1 saturated heterocycles. The third-order valence-electron chi connectivity index (χ3n) is 7.43. The summed E-state index contributed by atoms with van der Waals surface area (Å²) >= 11 is 6.02. The second kappa shape index (κ2) is 12.9. The van der Waals surface area contributed by atoms with E-state index in [1.54, 1.807) is 37.1 Å². The lowest BCUT2D eigenvalue weighted by molar-refractivity contribution is 0.0302. The Kier molecular flexibility index (Phi) is 9.15. The number of rotatable bonds is 9. The van der Waals surface area contributed by atoms with Crippen LogP contribution in [-0.4, -0.2) is 67.8 Å². The fourth-order valence-electron chi connectivity index (χ4n) is 5.22. The highest BCUT2D eigenvalue weighted by molar-refractivity contribution is 7.89. The van der Waals surface area contributed by atoms with E-state index < -0.39 is 33.6 Å². The average Bonchev–Trinajstić information content (AvgIpc) is 3.45. The quantitative estimate of drug-likeness (QED) is 0.276. The first kappa shape index (κ1) is 31.3. The number of benzene rings is 2. The molecule has 0 radical (unpaired) electrons. The maximum atomic E-state index is 15.6. The number of methoxy groups -OCH3 is 1. The topological polar surface area (TPSA) is 157 Å². The molecule has 1 amide bonds. The Labute approximate surface area is 257 Å². The molecular formula is C29H29ClFN5O7S. The number of carbonyl (C=O) groups is 1. The molecule has 44 heavy (non-hydrogen) atoms. The molecule has 0 aliphatic carbocycles. The van der Waals surface area contributed by atoms with Gasteiger partial charge in [-0.15, -0.1) is 5.10 Å². The molecular weight excluding hydrogens is 617 g/mol. The van der Waals surface area contributed by atoms with Gasteiger partial charge in [0.15, 0.2) is 0 Å². The van der Waals surface area contributed by atoms with Crippen molar-refractivity contribution in [2.45, 2.75) is 30.7 Å². The molecule has 2 N–H and O–H groups in total. The minimum Gasteiger partial charge on any atom is -0.495 e. The second-order valence-corrected chi connectivity index (χ2v) is 12.3. The first-order valence-electron chi connectivity index (χ1n) is 13.5. The van der Waals surface area contributed by atoms with Gasteiger partial charge in [-0.3, -0.25) is 9.78 Å². The lowest BCUT2D eigenvalue weighted by Gasteiger charge is -2.27. The Hall–Kier alpha value is -4.11. The summed E-state index contributed by atoms with van der Waals surface area (Å²) in [5, 5.41) is 6.23. The summed E-state index contributed by atoms with van der Waals surface area (Å²) in [5.41, 5.74) is 2.09. The number of pyridine rings is 1. The van der Waals surface area contributed by atoms with Gasteiger partial charge in [-0.1, -0.05) is 24.6 Å². The van der Waals surface area contributed by atoms with Crippen LogP contribution in [0.4, 0.5) is 4.39 Å². The van der Waals surface area contributed by atoms with E-state index in [9.17, 15) is 18.0 Å². The highest BCUT2D eigenvalue weighted by Gasteiger charge is 2.35. The number of morpholine rings is 1. The van der Waals surface area contributed by atoms with E-state index in [0.29, 0.717) is 48.6 Å². The van der Waals surface area contributed by atoms with Gasteiger partial charge in [0.25, 0.3) is 5.91 Å². The molecule has 12 nitrogen and oxygen atoms in total. The third-order valence-corrected chi connectivity index (χ3v) is 9.15. The molecule has 0 saturated carbocycles. The number of nitrogens with zero attached hydrogens (tertiary/aromatic N) is 3. The summed E-state index contributed by atoms with van der Waals surface area (Å²) in [6, 6.07) is 7.13. The Morgan fingerprint density at radius 3 is 2.61 bits per heavy atom. The van der Waals surface area contributed by atoms with Crippen molar-refractivity contribution in [3.8, 4) is 16.9 Å². The second-order valence-electron chi connectivity index (χ2n) is 10.1. The van der Waals surface area contributed by atoms with Crippen LogP contribution in [0.2, 0.25) is 5.02 Å². The van der Waals surface area contributed by atoms with E-state index in [0.717, 1.165) is 0 Å². The zero-order valence-electron chi connectivity index (χ0n) is 24.0. The van der Waals surface area contributed by atoms with Gasteiger partial charge >= 0.3 is 5.76 Å². The standard InChI is InChI=1S/C29H29ClFN5O7S/c1-16-21(18-12-19(15-32-14-18)28(37)36-8-10-42-11-9-36)5-6-22(31)25(16)17(2)26(27-33-34-29(38)43-27)35-44(39,40)24-7-4-20(30)13-23(24)41-3/h4-7,12-15,17,26,35H,8-11H2,1-3H3,(H,34,38)/t17-,26+/m1/s1. The van der Waals surface area contributed by atoms with Crippen molar-refractivity contribution in [3.63, 3.8) is 0 Å². The minimum atomic E-state index is -4.36. The van der Waals surface area contributed by atoms with Gasteiger partial charge in [-0.25, -0.2) is 22.7 Å². The molecule has 1 aliphatic heterocycles. The number of H-pyrrole nitrogens is 1. The first-order chi connectivity index (χ1) is 21.0. The van der Waals surface area contributed by atoms with E-state index in [4.69, 9.17) is 25.5 Å². The molecule has 0 spiro atoms. The lowest BCUT2D eigenvalue weighted by Crippen LogP contribution is -2.40. The van der Waals surface area contributed by atoms with E-state index in [1.165, 1.54) is 37.6 Å². The monoisotopic (exact) mass is 645 g/mol. The Morgan fingerprint density at radius 2 is 1.93 bits per heavy atom. The number of ether oxygens (including phenoxy) is 2. The minimum absolute atomic E-state index is 0.0248. The molecule has 4 aromatic rings. The summed E-state index contributed by atoms with van der Waals surface area (Å²) in [7, 11) is -3.07. The molecule has 1 aliphatic rings. The van der Waals surface area contributed by atoms with Crippen molar-refractivity contribution in [2.24, 2.45) is 0 Å². The number of amides is 1. The van der Waals surface area contributed by atoms with E-state index in [1.807, 2.05) is 0 Å². The normalized spacial score (nSPS) is 15.2. The molecule has 2 aromatic heterocycles. The highest BCUT2D eigenvalue weighted by Crippen LogP contribution is 2.39. The Bertz CT molecular complexity index is 1860. The van der Waals surface area contributed by atoms with E-state index in [-0.39, 0.29) is 33.0 Å². The number of hydrogen-bond acceptors (Lipinski definition) is 9. The zero-order valence-corrected chi connectivity index (χ0v) is 25.5. The van der Waals surface area contributed by atoms with Gasteiger partial charge in [0.1, 0.15) is 22.5 Å². The van der Waals surface area contributed by atoms with Gasteiger partial charge in [-0.05, 0) is 47.9 Å². The summed E-state index contributed by atoms with van der Waals surface area (Å²) in [4.78, 5) is 30.7. The average molecular weight is 646 g/mol. The number of halogens is 2. The lowest BCUT2D eigenvalue weighted by atomic mass is 9.86. The maximum Gasteiger partial charge on any atom is 0.434 e. The molecule has 2 aromatic carbocycles. The smallest absolute Gasteiger partial charge is 0.434 e. The van der Waals surface area contributed by atoms with Gasteiger partial charge in [0.2, 0.25) is 15.9 Å². The first-order valence-corrected chi connectivity index (χ1v) is 15.4. The molecule has 2 atom stereocenters. The number of aromatic amines is 1. The number of carbonyl (C=O) groups excluding carboxylic acids is 1. The third kappa shape index (κ3) is 6.38. The Balaban J connectivity index is 1.54. The SMILES string of the molecule is COc1cc(Cl)ccc1S(=O)(=O)N[C@H](c1n[nH]c(=O)o1)[C@H](C)c1c(F)ccc(-c2cncc(C(=O)N3CCOCC3)c2)c1C. The van der Waals surface area contributed by atoms with Crippen LogP contribution in [0.5, 0.6) is 5.75 Å². The van der Waals surface area contributed by atoms with Crippen LogP contribution < -0.4 is 15.2 Å². The molecule has 3 heterocycles. The van der Waals surface area contributed by atoms with Crippen LogP contribution in [0.1, 0.15) is 46.3 Å². The predicted molar refractivity (Wildman–Crippen MR) is 158 cm³/mol. The van der Waals surface area contributed by atoms with Gasteiger partial charge < -0.3 is 18.8 Å². The van der Waals surface area contributed by atoms with Gasteiger partial charge in [0.05, 0.1) is 25.9 Å². The largest absolute Gasteiger partial charge is 0.495 e. The van der Waals surface area contributed by atoms with Crippen molar-refractivity contribution in [1.82, 2.24) is 24.8 Å². The number of sulfonamides is 1. The van der Waals surface area contributed by atoms with Gasteiger partial charge in [0, 0.05) is 48.1 Å².